The first-order chi connectivity index (χ1) is 10.9. The van der Waals surface area contributed by atoms with Gasteiger partial charge in [-0.25, -0.2) is 0 Å². The van der Waals surface area contributed by atoms with E-state index in [2.05, 4.69) is 39.8 Å². The molecule has 126 valence electrons. The van der Waals surface area contributed by atoms with Gasteiger partial charge in [-0.2, -0.15) is 0 Å². The van der Waals surface area contributed by atoms with E-state index in [1.54, 1.807) is 11.1 Å². The molecule has 3 aliphatic rings. The zero-order chi connectivity index (χ0) is 16.2. The molecule has 0 saturated heterocycles. The summed E-state index contributed by atoms with van der Waals surface area (Å²) in [6.07, 6.45) is 10.5. The lowest BCUT2D eigenvalue weighted by Crippen LogP contribution is -2.51. The van der Waals surface area contributed by atoms with E-state index in [1.807, 2.05) is 0 Å². The molecule has 0 N–H and O–H groups in total. The Kier molecular flexibility index (Phi) is 3.55. The van der Waals surface area contributed by atoms with Crippen LogP contribution in [0.5, 0.6) is 5.75 Å². The van der Waals surface area contributed by atoms with E-state index in [0.717, 1.165) is 5.92 Å². The molecule has 1 heteroatoms. The summed E-state index contributed by atoms with van der Waals surface area (Å²) in [4.78, 5) is 0. The second-order valence-corrected chi connectivity index (χ2v) is 9.27. The highest BCUT2D eigenvalue weighted by Crippen LogP contribution is 2.61. The van der Waals surface area contributed by atoms with Crippen molar-refractivity contribution in [2.24, 2.45) is 11.3 Å². The van der Waals surface area contributed by atoms with Crippen LogP contribution in [-0.2, 0) is 12.8 Å². The highest BCUT2D eigenvalue weighted by Gasteiger charge is 2.52. The summed E-state index contributed by atoms with van der Waals surface area (Å²) in [5, 5.41) is 0. The van der Waals surface area contributed by atoms with Gasteiger partial charge in [0.15, 0.2) is 0 Å². The van der Waals surface area contributed by atoms with Crippen LogP contribution in [0.15, 0.2) is 12.1 Å². The lowest BCUT2D eigenvalue weighted by Gasteiger charge is -2.55. The van der Waals surface area contributed by atoms with Gasteiger partial charge in [-0.1, -0.05) is 32.8 Å². The first-order valence-electron chi connectivity index (χ1n) is 9.77. The van der Waals surface area contributed by atoms with Crippen molar-refractivity contribution in [2.45, 2.75) is 90.6 Å². The van der Waals surface area contributed by atoms with E-state index in [1.165, 1.54) is 62.7 Å². The Bertz CT molecular complexity index is 597. The van der Waals surface area contributed by atoms with E-state index in [-0.39, 0.29) is 5.60 Å². The Morgan fingerprint density at radius 3 is 2.78 bits per heavy atom. The predicted molar refractivity (Wildman–Crippen MR) is 96.3 cm³/mol. The molecule has 1 saturated carbocycles. The van der Waals surface area contributed by atoms with E-state index in [9.17, 15) is 0 Å². The number of aryl methyl sites for hydroxylation is 1. The van der Waals surface area contributed by atoms with E-state index in [4.69, 9.17) is 4.74 Å². The van der Waals surface area contributed by atoms with Crippen molar-refractivity contribution in [3.63, 3.8) is 0 Å². The Morgan fingerprint density at radius 1 is 1.17 bits per heavy atom. The molecule has 1 aromatic rings. The molecule has 1 fully saturated rings. The summed E-state index contributed by atoms with van der Waals surface area (Å²) >= 11 is 0. The molecule has 23 heavy (non-hydrogen) atoms. The average molecular weight is 312 g/mol. The molecule has 1 aliphatic heterocycles. The monoisotopic (exact) mass is 312 g/mol. The quantitative estimate of drug-likeness (QED) is 0.616. The third-order valence-electron chi connectivity index (χ3n) is 6.87. The number of benzene rings is 1. The first kappa shape index (κ1) is 15.5. The smallest absolute Gasteiger partial charge is 0.124 e. The number of fused-ring (bicyclic) bond motifs is 1. The van der Waals surface area contributed by atoms with Crippen molar-refractivity contribution < 1.29 is 4.74 Å². The maximum absolute atomic E-state index is 6.57. The van der Waals surface area contributed by atoms with Crippen molar-refractivity contribution in [1.82, 2.24) is 0 Å². The summed E-state index contributed by atoms with van der Waals surface area (Å²) in [6, 6.07) is 4.91. The average Bonchev–Trinajstić information content (AvgIpc) is 2.45. The minimum Gasteiger partial charge on any atom is -0.487 e. The largest absolute Gasteiger partial charge is 0.487 e. The van der Waals surface area contributed by atoms with Crippen molar-refractivity contribution >= 4 is 0 Å². The summed E-state index contributed by atoms with van der Waals surface area (Å²) in [5.41, 5.74) is 5.24. The lowest BCUT2D eigenvalue weighted by molar-refractivity contribution is -0.0367. The fourth-order valence-corrected chi connectivity index (χ4v) is 5.72. The maximum atomic E-state index is 6.57. The zero-order valence-electron chi connectivity index (χ0n) is 15.4. The fourth-order valence-electron chi connectivity index (χ4n) is 5.72. The predicted octanol–water partition coefficient (Wildman–Crippen LogP) is 6.04. The fraction of sp³-hybridized carbons (Fsp3) is 0.727. The molecule has 1 aromatic carbocycles. The van der Waals surface area contributed by atoms with Gasteiger partial charge in [0.2, 0.25) is 0 Å². The molecule has 0 radical (unpaired) electrons. The first-order valence-corrected chi connectivity index (χ1v) is 9.77. The van der Waals surface area contributed by atoms with Crippen molar-refractivity contribution in [3.8, 4) is 5.75 Å². The van der Waals surface area contributed by atoms with Crippen LogP contribution >= 0.6 is 0 Å². The van der Waals surface area contributed by atoms with Gasteiger partial charge in [0, 0.05) is 11.5 Å². The van der Waals surface area contributed by atoms with Crippen LogP contribution in [0.3, 0.4) is 0 Å². The number of unbranched alkanes of at least 4 members (excludes halogenated alkanes) is 2. The van der Waals surface area contributed by atoms with Gasteiger partial charge in [0.25, 0.3) is 0 Å². The third kappa shape index (κ3) is 2.51. The van der Waals surface area contributed by atoms with Crippen LogP contribution in [0.1, 0.15) is 88.8 Å². The van der Waals surface area contributed by atoms with Crippen LogP contribution in [-0.4, -0.2) is 5.60 Å². The topological polar surface area (TPSA) is 9.23 Å². The highest BCUT2D eigenvalue weighted by molar-refractivity contribution is 5.51. The van der Waals surface area contributed by atoms with Crippen molar-refractivity contribution in [3.05, 3.63) is 28.8 Å². The molecule has 2 aliphatic carbocycles. The van der Waals surface area contributed by atoms with Crippen LogP contribution < -0.4 is 4.74 Å². The number of hydrogen-bond donors (Lipinski definition) is 0. The molecule has 1 heterocycles. The molecule has 0 amide bonds. The molecular weight excluding hydrogens is 280 g/mol. The molecule has 0 aromatic heterocycles. The van der Waals surface area contributed by atoms with Gasteiger partial charge in [-0.15, -0.1) is 0 Å². The van der Waals surface area contributed by atoms with Crippen molar-refractivity contribution in [1.29, 1.82) is 0 Å². The highest BCUT2D eigenvalue weighted by atomic mass is 16.5. The van der Waals surface area contributed by atoms with Crippen LogP contribution in [0.2, 0.25) is 0 Å². The summed E-state index contributed by atoms with van der Waals surface area (Å²) < 4.78 is 6.57. The third-order valence-corrected chi connectivity index (χ3v) is 6.87. The summed E-state index contributed by atoms with van der Waals surface area (Å²) in [5.74, 6) is 2.67. The lowest BCUT2D eigenvalue weighted by atomic mass is 9.54. The minimum atomic E-state index is -0.00432. The molecular formula is C22H32O. The molecule has 3 unspecified atom stereocenters. The van der Waals surface area contributed by atoms with Crippen LogP contribution in [0, 0.1) is 11.3 Å². The molecule has 3 atom stereocenters. The van der Waals surface area contributed by atoms with Gasteiger partial charge in [-0.05, 0) is 80.9 Å². The van der Waals surface area contributed by atoms with Gasteiger partial charge >= 0.3 is 0 Å². The normalized spacial score (nSPS) is 33.2. The molecule has 2 bridgehead atoms. The van der Waals surface area contributed by atoms with E-state index < -0.39 is 0 Å². The SMILES string of the molecule is CCCCCc1cc2c3c(c1)OC(C)(C)C1CCC(C)(C2)CC31. The Labute approximate surface area is 141 Å². The number of rotatable bonds is 4. The molecule has 1 nitrogen and oxygen atoms in total. The van der Waals surface area contributed by atoms with Crippen LogP contribution in [0.25, 0.3) is 0 Å². The minimum absolute atomic E-state index is 0.00432. The Balaban J connectivity index is 1.76. The van der Waals surface area contributed by atoms with Gasteiger partial charge in [-0.3, -0.25) is 0 Å². The van der Waals surface area contributed by atoms with Gasteiger partial charge in [0.1, 0.15) is 11.4 Å². The van der Waals surface area contributed by atoms with Crippen molar-refractivity contribution in [2.75, 3.05) is 0 Å². The standard InChI is InChI=1S/C22H32O/c1-5-6-7-8-15-11-16-13-22(4)10-9-18-17(14-22)20(16)19(12-15)23-21(18,2)3/h11-12,17-18H,5-10,13-14H2,1-4H3. The number of hydrogen-bond acceptors (Lipinski definition) is 1. The zero-order valence-corrected chi connectivity index (χ0v) is 15.4. The molecule has 0 spiro atoms. The summed E-state index contributed by atoms with van der Waals surface area (Å²) in [7, 11) is 0. The van der Waals surface area contributed by atoms with Gasteiger partial charge in [0.05, 0.1) is 0 Å². The van der Waals surface area contributed by atoms with E-state index >= 15 is 0 Å². The Morgan fingerprint density at radius 2 is 2.00 bits per heavy atom. The van der Waals surface area contributed by atoms with Gasteiger partial charge < -0.3 is 4.74 Å². The number of ether oxygens (including phenoxy) is 1. The molecule has 4 rings (SSSR count). The summed E-state index contributed by atoms with van der Waals surface area (Å²) in [6.45, 7) is 9.45. The maximum Gasteiger partial charge on any atom is 0.124 e. The second-order valence-electron chi connectivity index (χ2n) is 9.27. The Hall–Kier alpha value is -0.980. The second kappa shape index (κ2) is 5.26. The van der Waals surface area contributed by atoms with E-state index in [0.29, 0.717) is 11.3 Å². The van der Waals surface area contributed by atoms with Crippen LogP contribution in [0.4, 0.5) is 0 Å².